The Morgan fingerprint density at radius 1 is 1.59 bits per heavy atom. The molecule has 0 saturated carbocycles. The van der Waals surface area contributed by atoms with Crippen molar-refractivity contribution in [2.45, 2.75) is 25.8 Å². The zero-order valence-electron chi connectivity index (χ0n) is 10.2. The number of nitrogens with one attached hydrogen (secondary N) is 2. The number of nitrogens with zero attached hydrogens (tertiary/aromatic N) is 1. The first kappa shape index (κ1) is 13.4. The lowest BCUT2D eigenvalue weighted by Gasteiger charge is -2.17. The third kappa shape index (κ3) is 4.03. The van der Waals surface area contributed by atoms with Crippen molar-refractivity contribution in [3.63, 3.8) is 0 Å². The van der Waals surface area contributed by atoms with Gasteiger partial charge in [0.05, 0.1) is 0 Å². The minimum Gasteiger partial charge on any atom is -0.396 e. The molecule has 1 aromatic rings. The molecule has 1 atom stereocenters. The number of amides is 1. The van der Waals surface area contributed by atoms with E-state index < -0.39 is 0 Å². The van der Waals surface area contributed by atoms with Gasteiger partial charge in [0.25, 0.3) is 5.91 Å². The van der Waals surface area contributed by atoms with Gasteiger partial charge < -0.3 is 15.7 Å². The summed E-state index contributed by atoms with van der Waals surface area (Å²) in [6.45, 7) is 2.20. The number of carbonyl (C=O) groups is 1. The topological polar surface area (TPSA) is 74.2 Å². The van der Waals surface area contributed by atoms with Gasteiger partial charge >= 0.3 is 0 Å². The molecule has 1 amide bonds. The molecule has 0 aliphatic heterocycles. The van der Waals surface area contributed by atoms with Crippen molar-refractivity contribution in [2.75, 3.05) is 19.0 Å². The van der Waals surface area contributed by atoms with Crippen LogP contribution in [0.5, 0.6) is 0 Å². The van der Waals surface area contributed by atoms with Crippen LogP contribution in [0.15, 0.2) is 18.3 Å². The Morgan fingerprint density at radius 2 is 2.35 bits per heavy atom. The number of hydrogen-bond acceptors (Lipinski definition) is 4. The molecule has 0 aliphatic rings. The van der Waals surface area contributed by atoms with Gasteiger partial charge in [-0.25, -0.2) is 0 Å². The second kappa shape index (κ2) is 6.85. The van der Waals surface area contributed by atoms with E-state index in [0.717, 1.165) is 12.1 Å². The van der Waals surface area contributed by atoms with Crippen LogP contribution in [0.3, 0.4) is 0 Å². The van der Waals surface area contributed by atoms with Gasteiger partial charge in [-0.1, -0.05) is 6.92 Å². The first-order valence-electron chi connectivity index (χ1n) is 5.76. The zero-order valence-corrected chi connectivity index (χ0v) is 10.2. The fourth-order valence-corrected chi connectivity index (χ4v) is 1.54. The van der Waals surface area contributed by atoms with Gasteiger partial charge in [-0.15, -0.1) is 0 Å². The van der Waals surface area contributed by atoms with Gasteiger partial charge in [0.2, 0.25) is 0 Å². The second-order valence-electron chi connectivity index (χ2n) is 3.77. The molecule has 94 valence electrons. The van der Waals surface area contributed by atoms with Crippen LogP contribution in [0, 0.1) is 0 Å². The first-order chi connectivity index (χ1) is 8.21. The number of rotatable bonds is 6. The van der Waals surface area contributed by atoms with Crippen molar-refractivity contribution >= 4 is 11.6 Å². The van der Waals surface area contributed by atoms with E-state index in [2.05, 4.69) is 15.6 Å². The summed E-state index contributed by atoms with van der Waals surface area (Å²) < 4.78 is 0. The van der Waals surface area contributed by atoms with Crippen LogP contribution in [0.1, 0.15) is 30.3 Å². The fraction of sp³-hybridized carbons (Fsp3) is 0.500. The number of hydrogen-bond donors (Lipinski definition) is 3. The number of anilines is 1. The molecule has 3 N–H and O–H groups in total. The molecular weight excluding hydrogens is 218 g/mol. The van der Waals surface area contributed by atoms with Gasteiger partial charge in [-0.2, -0.15) is 0 Å². The van der Waals surface area contributed by atoms with Crippen molar-refractivity contribution in [3.05, 3.63) is 24.0 Å². The number of aromatic nitrogens is 1. The smallest absolute Gasteiger partial charge is 0.269 e. The molecule has 0 bridgehead atoms. The van der Waals surface area contributed by atoms with Gasteiger partial charge in [0.1, 0.15) is 5.69 Å². The third-order valence-electron chi connectivity index (χ3n) is 2.56. The van der Waals surface area contributed by atoms with E-state index in [1.807, 2.05) is 13.0 Å². The van der Waals surface area contributed by atoms with Gasteiger partial charge in [-0.3, -0.25) is 9.78 Å². The van der Waals surface area contributed by atoms with Crippen molar-refractivity contribution in [1.29, 1.82) is 0 Å². The maximum atomic E-state index is 11.4. The SMILES string of the molecule is CCC(CCO)Nc1ccnc(C(=O)NC)c1. The van der Waals surface area contributed by atoms with Crippen molar-refractivity contribution in [1.82, 2.24) is 10.3 Å². The Balaban J connectivity index is 2.74. The van der Waals surface area contributed by atoms with Crippen LogP contribution in [0.2, 0.25) is 0 Å². The highest BCUT2D eigenvalue weighted by atomic mass is 16.3. The quantitative estimate of drug-likeness (QED) is 0.690. The van der Waals surface area contributed by atoms with E-state index in [0.29, 0.717) is 12.1 Å². The van der Waals surface area contributed by atoms with E-state index >= 15 is 0 Å². The Kier molecular flexibility index (Phi) is 5.42. The standard InChI is InChI=1S/C12H19N3O2/c1-3-9(5-7-16)15-10-4-6-14-11(8-10)12(17)13-2/h4,6,8-9,16H,3,5,7H2,1-2H3,(H,13,17)(H,14,15). The fourth-order valence-electron chi connectivity index (χ4n) is 1.54. The summed E-state index contributed by atoms with van der Waals surface area (Å²) in [5, 5.41) is 14.7. The largest absolute Gasteiger partial charge is 0.396 e. The summed E-state index contributed by atoms with van der Waals surface area (Å²) in [6.07, 6.45) is 3.20. The zero-order chi connectivity index (χ0) is 12.7. The minimum atomic E-state index is -0.205. The molecule has 1 rings (SSSR count). The van der Waals surface area contributed by atoms with Crippen LogP contribution >= 0.6 is 0 Å². The number of aliphatic hydroxyl groups is 1. The van der Waals surface area contributed by atoms with E-state index in [9.17, 15) is 4.79 Å². The molecule has 5 nitrogen and oxygen atoms in total. The molecule has 0 aliphatic carbocycles. The highest BCUT2D eigenvalue weighted by Crippen LogP contribution is 2.12. The lowest BCUT2D eigenvalue weighted by atomic mass is 10.1. The molecule has 1 heterocycles. The molecular formula is C12H19N3O2. The predicted molar refractivity (Wildman–Crippen MR) is 67.0 cm³/mol. The second-order valence-corrected chi connectivity index (χ2v) is 3.77. The molecule has 17 heavy (non-hydrogen) atoms. The normalized spacial score (nSPS) is 11.9. The number of pyridine rings is 1. The van der Waals surface area contributed by atoms with Crippen LogP contribution in [-0.2, 0) is 0 Å². The Labute approximate surface area is 101 Å². The molecule has 0 spiro atoms. The number of carbonyl (C=O) groups excluding carboxylic acids is 1. The van der Waals surface area contributed by atoms with E-state index in [1.54, 1.807) is 19.3 Å². The first-order valence-corrected chi connectivity index (χ1v) is 5.76. The van der Waals surface area contributed by atoms with E-state index in [-0.39, 0.29) is 18.6 Å². The number of aliphatic hydroxyl groups excluding tert-OH is 1. The Hall–Kier alpha value is -1.62. The van der Waals surface area contributed by atoms with E-state index in [4.69, 9.17) is 5.11 Å². The molecule has 1 aromatic heterocycles. The van der Waals surface area contributed by atoms with Gasteiger partial charge in [0, 0.05) is 31.6 Å². The van der Waals surface area contributed by atoms with Crippen molar-refractivity contribution in [3.8, 4) is 0 Å². The lowest BCUT2D eigenvalue weighted by Crippen LogP contribution is -2.22. The Bertz CT molecular complexity index is 369. The van der Waals surface area contributed by atoms with Crippen molar-refractivity contribution in [2.24, 2.45) is 0 Å². The molecule has 0 saturated heterocycles. The van der Waals surface area contributed by atoms with Crippen LogP contribution in [-0.4, -0.2) is 35.7 Å². The maximum Gasteiger partial charge on any atom is 0.269 e. The Morgan fingerprint density at radius 3 is 2.94 bits per heavy atom. The molecule has 0 fully saturated rings. The summed E-state index contributed by atoms with van der Waals surface area (Å²) in [4.78, 5) is 15.4. The highest BCUT2D eigenvalue weighted by Gasteiger charge is 2.08. The summed E-state index contributed by atoms with van der Waals surface area (Å²) in [5.41, 5.74) is 1.23. The highest BCUT2D eigenvalue weighted by molar-refractivity contribution is 5.92. The third-order valence-corrected chi connectivity index (χ3v) is 2.56. The molecule has 5 heteroatoms. The van der Waals surface area contributed by atoms with Gasteiger partial charge in [-0.05, 0) is 25.0 Å². The molecule has 1 unspecified atom stereocenters. The average molecular weight is 237 g/mol. The van der Waals surface area contributed by atoms with Crippen LogP contribution in [0.25, 0.3) is 0 Å². The monoisotopic (exact) mass is 237 g/mol. The lowest BCUT2D eigenvalue weighted by molar-refractivity contribution is 0.0958. The van der Waals surface area contributed by atoms with Gasteiger partial charge in [0.15, 0.2) is 0 Å². The predicted octanol–water partition coefficient (Wildman–Crippen LogP) is 1.01. The van der Waals surface area contributed by atoms with Crippen LogP contribution in [0.4, 0.5) is 5.69 Å². The molecule has 0 radical (unpaired) electrons. The summed E-state index contributed by atoms with van der Waals surface area (Å²) in [6, 6.07) is 3.73. The van der Waals surface area contributed by atoms with Crippen molar-refractivity contribution < 1.29 is 9.90 Å². The summed E-state index contributed by atoms with van der Waals surface area (Å²) in [7, 11) is 1.57. The maximum absolute atomic E-state index is 11.4. The summed E-state index contributed by atoms with van der Waals surface area (Å²) >= 11 is 0. The summed E-state index contributed by atoms with van der Waals surface area (Å²) in [5.74, 6) is -0.205. The van der Waals surface area contributed by atoms with Crippen LogP contribution < -0.4 is 10.6 Å². The average Bonchev–Trinajstić information content (AvgIpc) is 2.37. The minimum absolute atomic E-state index is 0.152. The van der Waals surface area contributed by atoms with E-state index in [1.165, 1.54) is 0 Å². The molecule has 0 aromatic carbocycles.